The summed E-state index contributed by atoms with van der Waals surface area (Å²) in [5.74, 6) is -0.0485. The second-order valence-electron chi connectivity index (χ2n) is 4.46. The smallest absolute Gasteiger partial charge is 0.244 e. The molecule has 1 heterocycles. The van der Waals surface area contributed by atoms with Crippen molar-refractivity contribution in [3.05, 3.63) is 28.2 Å². The highest BCUT2D eigenvalue weighted by Gasteiger charge is 2.28. The second kappa shape index (κ2) is 7.24. The van der Waals surface area contributed by atoms with E-state index in [0.29, 0.717) is 13.2 Å². The maximum Gasteiger partial charge on any atom is 0.244 e. The zero-order chi connectivity index (χ0) is 13.1. The number of rotatable bonds is 2. The number of amides is 1. The van der Waals surface area contributed by atoms with Crippen LogP contribution in [-0.2, 0) is 9.53 Å². The lowest BCUT2D eigenvalue weighted by atomic mass is 10.1. The van der Waals surface area contributed by atoms with Crippen LogP contribution in [0.5, 0.6) is 0 Å². The molecule has 19 heavy (non-hydrogen) atoms. The van der Waals surface area contributed by atoms with Crippen LogP contribution in [0.2, 0.25) is 0 Å². The van der Waals surface area contributed by atoms with E-state index in [0.717, 1.165) is 15.7 Å². The minimum absolute atomic E-state index is 0. The molecule has 0 aliphatic carbocycles. The highest BCUT2D eigenvalue weighted by molar-refractivity contribution is 9.10. The molecule has 106 valence electrons. The van der Waals surface area contributed by atoms with Crippen LogP contribution in [0.15, 0.2) is 22.7 Å². The van der Waals surface area contributed by atoms with Crippen molar-refractivity contribution in [2.24, 2.45) is 0 Å². The van der Waals surface area contributed by atoms with E-state index in [-0.39, 0.29) is 30.5 Å². The van der Waals surface area contributed by atoms with Crippen molar-refractivity contribution in [1.29, 1.82) is 0 Å². The predicted octanol–water partition coefficient (Wildman–Crippen LogP) is 2.49. The molecule has 1 amide bonds. The topological polar surface area (TPSA) is 50.4 Å². The molecule has 0 unspecified atom stereocenters. The van der Waals surface area contributed by atoms with Gasteiger partial charge in [-0.3, -0.25) is 4.79 Å². The summed E-state index contributed by atoms with van der Waals surface area (Å²) in [5.41, 5.74) is 1.87. The standard InChI is InChI=1S/C13H17BrN2O2.ClH/c1-8-7-10(14)3-4-11(8)16-13(17)12-9(2)18-6-5-15-12;/h3-4,7,9,12,15H,5-6H2,1-2H3,(H,16,17);1H/t9-,12+;/m1./s1. The zero-order valence-electron chi connectivity index (χ0n) is 10.9. The van der Waals surface area contributed by atoms with Crippen molar-refractivity contribution >= 4 is 39.9 Å². The van der Waals surface area contributed by atoms with Crippen LogP contribution in [-0.4, -0.2) is 31.2 Å². The molecule has 4 nitrogen and oxygen atoms in total. The van der Waals surface area contributed by atoms with E-state index in [9.17, 15) is 4.79 Å². The molecule has 0 spiro atoms. The largest absolute Gasteiger partial charge is 0.375 e. The number of anilines is 1. The fraction of sp³-hybridized carbons (Fsp3) is 0.462. The molecule has 2 rings (SSSR count). The van der Waals surface area contributed by atoms with E-state index >= 15 is 0 Å². The number of benzene rings is 1. The summed E-state index contributed by atoms with van der Waals surface area (Å²) in [5, 5.41) is 6.11. The molecule has 0 aromatic heterocycles. The molecule has 0 bridgehead atoms. The third-order valence-electron chi connectivity index (χ3n) is 3.05. The van der Waals surface area contributed by atoms with Crippen LogP contribution in [0.1, 0.15) is 12.5 Å². The monoisotopic (exact) mass is 348 g/mol. The van der Waals surface area contributed by atoms with E-state index < -0.39 is 0 Å². The molecule has 1 aromatic carbocycles. The van der Waals surface area contributed by atoms with E-state index in [1.165, 1.54) is 0 Å². The summed E-state index contributed by atoms with van der Waals surface area (Å²) in [6, 6.07) is 5.49. The van der Waals surface area contributed by atoms with Gasteiger partial charge in [-0.2, -0.15) is 0 Å². The summed E-state index contributed by atoms with van der Waals surface area (Å²) in [4.78, 5) is 12.1. The summed E-state index contributed by atoms with van der Waals surface area (Å²) in [6.45, 7) is 5.24. The Labute approximate surface area is 127 Å². The summed E-state index contributed by atoms with van der Waals surface area (Å²) in [6.07, 6.45) is -0.102. The van der Waals surface area contributed by atoms with Crippen LogP contribution in [0.3, 0.4) is 0 Å². The van der Waals surface area contributed by atoms with Gasteiger partial charge in [-0.15, -0.1) is 12.4 Å². The Morgan fingerprint density at radius 2 is 2.26 bits per heavy atom. The van der Waals surface area contributed by atoms with Gasteiger partial charge >= 0.3 is 0 Å². The van der Waals surface area contributed by atoms with E-state index in [2.05, 4.69) is 26.6 Å². The first-order valence-electron chi connectivity index (χ1n) is 6.00. The molecule has 1 aliphatic rings. The molecule has 1 saturated heterocycles. The fourth-order valence-electron chi connectivity index (χ4n) is 2.01. The second-order valence-corrected chi connectivity index (χ2v) is 5.37. The molecule has 1 aromatic rings. The third kappa shape index (κ3) is 4.18. The number of aryl methyl sites for hydroxylation is 1. The first-order chi connectivity index (χ1) is 8.58. The Bertz CT molecular complexity index is 456. The van der Waals surface area contributed by atoms with Crippen molar-refractivity contribution in [3.63, 3.8) is 0 Å². The van der Waals surface area contributed by atoms with Crippen molar-refractivity contribution in [3.8, 4) is 0 Å². The highest BCUT2D eigenvalue weighted by atomic mass is 79.9. The number of hydrogen-bond acceptors (Lipinski definition) is 3. The van der Waals surface area contributed by atoms with Gasteiger partial charge < -0.3 is 15.4 Å². The molecule has 1 fully saturated rings. The zero-order valence-corrected chi connectivity index (χ0v) is 13.3. The van der Waals surface area contributed by atoms with Gasteiger partial charge in [0.05, 0.1) is 12.7 Å². The quantitative estimate of drug-likeness (QED) is 0.862. The van der Waals surface area contributed by atoms with E-state index in [1.54, 1.807) is 0 Å². The molecule has 0 saturated carbocycles. The highest BCUT2D eigenvalue weighted by Crippen LogP contribution is 2.20. The maximum absolute atomic E-state index is 12.1. The number of carbonyl (C=O) groups excluding carboxylic acids is 1. The van der Waals surface area contributed by atoms with Crippen molar-refractivity contribution in [1.82, 2.24) is 5.32 Å². The number of ether oxygens (including phenoxy) is 1. The Hall–Kier alpha value is -0.620. The summed E-state index contributed by atoms with van der Waals surface area (Å²) >= 11 is 3.40. The number of hydrogen-bond donors (Lipinski definition) is 2. The van der Waals surface area contributed by atoms with Gasteiger partial charge in [0.1, 0.15) is 6.04 Å². The lowest BCUT2D eigenvalue weighted by molar-refractivity contribution is -0.123. The van der Waals surface area contributed by atoms with Crippen molar-refractivity contribution < 1.29 is 9.53 Å². The number of morpholine rings is 1. The Balaban J connectivity index is 0.00000180. The summed E-state index contributed by atoms with van der Waals surface area (Å²) in [7, 11) is 0. The van der Waals surface area contributed by atoms with Gasteiger partial charge in [0.2, 0.25) is 5.91 Å². The van der Waals surface area contributed by atoms with Gasteiger partial charge in [-0.1, -0.05) is 15.9 Å². The Morgan fingerprint density at radius 1 is 1.53 bits per heavy atom. The molecule has 2 atom stereocenters. The van der Waals surface area contributed by atoms with Crippen LogP contribution < -0.4 is 10.6 Å². The van der Waals surface area contributed by atoms with E-state index in [4.69, 9.17) is 4.74 Å². The van der Waals surface area contributed by atoms with Crippen LogP contribution in [0.25, 0.3) is 0 Å². The SMILES string of the molecule is Cc1cc(Br)ccc1NC(=O)[C@H]1NCCO[C@@H]1C.Cl. The lowest BCUT2D eigenvalue weighted by Crippen LogP contribution is -2.53. The molecule has 2 N–H and O–H groups in total. The third-order valence-corrected chi connectivity index (χ3v) is 3.54. The number of nitrogens with one attached hydrogen (secondary N) is 2. The van der Waals surface area contributed by atoms with Crippen LogP contribution >= 0.6 is 28.3 Å². The van der Waals surface area contributed by atoms with E-state index in [1.807, 2.05) is 32.0 Å². The lowest BCUT2D eigenvalue weighted by Gasteiger charge is -2.29. The molecular weight excluding hydrogens is 332 g/mol. The maximum atomic E-state index is 12.1. The molecule has 1 aliphatic heterocycles. The average Bonchev–Trinajstić information content (AvgIpc) is 2.33. The first-order valence-corrected chi connectivity index (χ1v) is 6.79. The minimum Gasteiger partial charge on any atom is -0.375 e. The fourth-order valence-corrected chi connectivity index (χ4v) is 2.48. The van der Waals surface area contributed by atoms with Crippen LogP contribution in [0, 0.1) is 6.92 Å². The van der Waals surface area contributed by atoms with Gasteiger partial charge in [-0.05, 0) is 37.6 Å². The average molecular weight is 350 g/mol. The number of halogens is 2. The normalized spacial score (nSPS) is 22.5. The van der Waals surface area contributed by atoms with Gasteiger partial charge in [0.25, 0.3) is 0 Å². The molecular formula is C13H18BrClN2O2. The van der Waals surface area contributed by atoms with Crippen LogP contribution in [0.4, 0.5) is 5.69 Å². The first kappa shape index (κ1) is 16.4. The Kier molecular flexibility index (Phi) is 6.26. The van der Waals surface area contributed by atoms with Gasteiger partial charge in [0, 0.05) is 16.7 Å². The Morgan fingerprint density at radius 3 is 2.89 bits per heavy atom. The number of carbonyl (C=O) groups is 1. The van der Waals surface area contributed by atoms with Crippen molar-refractivity contribution in [2.75, 3.05) is 18.5 Å². The van der Waals surface area contributed by atoms with Crippen molar-refractivity contribution in [2.45, 2.75) is 26.0 Å². The predicted molar refractivity (Wildman–Crippen MR) is 82.0 cm³/mol. The van der Waals surface area contributed by atoms with Gasteiger partial charge in [0.15, 0.2) is 0 Å². The molecule has 6 heteroatoms. The summed E-state index contributed by atoms with van der Waals surface area (Å²) < 4.78 is 6.47. The minimum atomic E-state index is -0.290. The van der Waals surface area contributed by atoms with Gasteiger partial charge in [-0.25, -0.2) is 0 Å². The molecule has 0 radical (unpaired) electrons.